The first kappa shape index (κ1) is 45.5. The number of unbranched alkanes of at least 4 members (excludes halogenated alkanes) is 26. The van der Waals surface area contributed by atoms with E-state index >= 15 is 0 Å². The third-order valence-electron chi connectivity index (χ3n) is 8.87. The van der Waals surface area contributed by atoms with Crippen molar-refractivity contribution < 1.29 is 9.90 Å². The van der Waals surface area contributed by atoms with Gasteiger partial charge in [0, 0.05) is 0 Å². The van der Waals surface area contributed by atoms with Crippen LogP contribution in [0.1, 0.15) is 193 Å². The summed E-state index contributed by atoms with van der Waals surface area (Å²) in [5, 5.41) is 9.26. The first-order chi connectivity index (χ1) is 23.7. The molecule has 270 valence electrons. The van der Waals surface area contributed by atoms with Gasteiger partial charge in [0.1, 0.15) is 6.10 Å². The normalized spacial score (nSPS) is 12.6. The second-order valence-electron chi connectivity index (χ2n) is 13.5. The standard InChI is InChI=1S/C46H74O2/c1-3-45(47)43-41-39-37-35-33-31-29-27-25-23-21-19-17-15-13-11-9-7-5-6-8-10-12-14-16-18-20-22-24-26-28-30-32-34-36-38-40-42-44-46(48)4-2/h1-2,7,9,12,14,19,21,41-45,47H,5-6,8,10-11,13,15-18,20,22-40H2. The number of hydrogen-bond acceptors (Lipinski definition) is 2. The molecule has 1 unspecified atom stereocenters. The number of aliphatic hydroxyl groups excluding tert-OH is 1. The van der Waals surface area contributed by atoms with E-state index in [0.29, 0.717) is 0 Å². The summed E-state index contributed by atoms with van der Waals surface area (Å²) in [4.78, 5) is 11.0. The fourth-order valence-electron chi connectivity index (χ4n) is 5.80. The van der Waals surface area contributed by atoms with E-state index in [4.69, 9.17) is 12.8 Å². The van der Waals surface area contributed by atoms with Gasteiger partial charge in [-0.1, -0.05) is 144 Å². The van der Waals surface area contributed by atoms with E-state index in [1.807, 2.05) is 12.2 Å². The van der Waals surface area contributed by atoms with Gasteiger partial charge in [0.15, 0.2) is 0 Å². The second-order valence-corrected chi connectivity index (χ2v) is 13.5. The average Bonchev–Trinajstić information content (AvgIpc) is 3.10. The lowest BCUT2D eigenvalue weighted by atomic mass is 10.0. The van der Waals surface area contributed by atoms with Crippen molar-refractivity contribution in [3.8, 4) is 24.7 Å². The van der Waals surface area contributed by atoms with Crippen LogP contribution < -0.4 is 0 Å². The molecule has 0 saturated heterocycles. The summed E-state index contributed by atoms with van der Waals surface area (Å²) < 4.78 is 0. The highest BCUT2D eigenvalue weighted by molar-refractivity contribution is 6.03. The third-order valence-corrected chi connectivity index (χ3v) is 8.87. The van der Waals surface area contributed by atoms with E-state index in [-0.39, 0.29) is 5.78 Å². The van der Waals surface area contributed by atoms with Crippen LogP contribution in [-0.2, 0) is 4.79 Å². The van der Waals surface area contributed by atoms with Gasteiger partial charge in [-0.05, 0) is 121 Å². The van der Waals surface area contributed by atoms with Crippen LogP contribution in [0.25, 0.3) is 0 Å². The highest BCUT2D eigenvalue weighted by atomic mass is 16.3. The van der Waals surface area contributed by atoms with Crippen LogP contribution in [0.15, 0.2) is 60.8 Å². The van der Waals surface area contributed by atoms with Crippen LogP contribution in [0.5, 0.6) is 0 Å². The van der Waals surface area contributed by atoms with Gasteiger partial charge < -0.3 is 5.11 Å². The molecule has 0 aromatic carbocycles. The average molecular weight is 659 g/mol. The summed E-state index contributed by atoms with van der Waals surface area (Å²) in [6.07, 6.45) is 69.6. The molecule has 0 heterocycles. The number of carbonyl (C=O) groups excluding carboxylic acids is 1. The molecule has 0 fully saturated rings. The molecule has 0 rings (SSSR count). The maximum absolute atomic E-state index is 11.0. The van der Waals surface area contributed by atoms with Crippen molar-refractivity contribution in [2.75, 3.05) is 0 Å². The molecule has 48 heavy (non-hydrogen) atoms. The number of carbonyl (C=O) groups is 1. The fourth-order valence-corrected chi connectivity index (χ4v) is 5.80. The summed E-state index contributed by atoms with van der Waals surface area (Å²) in [6, 6.07) is 0. The monoisotopic (exact) mass is 659 g/mol. The number of rotatable bonds is 36. The Kier molecular flexibility index (Phi) is 38.5. The van der Waals surface area contributed by atoms with Crippen LogP contribution in [0.2, 0.25) is 0 Å². The summed E-state index contributed by atoms with van der Waals surface area (Å²) >= 11 is 0. The number of allylic oxidation sites excluding steroid dienone is 9. The van der Waals surface area contributed by atoms with E-state index in [0.717, 1.165) is 19.3 Å². The SMILES string of the molecule is C#CC(=O)C=CCCCCCCCCCCCCCC=CCCCCC=CCCCCC=CCCCCCCCCCC=CC(O)C#C. The van der Waals surface area contributed by atoms with Gasteiger partial charge in [-0.15, -0.1) is 12.8 Å². The Hall–Kier alpha value is -2.55. The van der Waals surface area contributed by atoms with Crippen LogP contribution in [-0.4, -0.2) is 17.0 Å². The Morgan fingerprint density at radius 3 is 0.958 bits per heavy atom. The Morgan fingerprint density at radius 1 is 0.417 bits per heavy atom. The minimum Gasteiger partial charge on any atom is -0.377 e. The van der Waals surface area contributed by atoms with Crippen LogP contribution in [0, 0.1) is 24.7 Å². The molecule has 0 aliphatic carbocycles. The Labute approximate surface area is 299 Å². The molecule has 0 aliphatic heterocycles. The predicted octanol–water partition coefficient (Wildman–Crippen LogP) is 13.7. The molecule has 0 spiro atoms. The second kappa shape index (κ2) is 40.6. The van der Waals surface area contributed by atoms with Crippen molar-refractivity contribution in [3.63, 3.8) is 0 Å². The highest BCUT2D eigenvalue weighted by Crippen LogP contribution is 2.14. The molecule has 2 heteroatoms. The van der Waals surface area contributed by atoms with Crippen molar-refractivity contribution in [2.45, 2.75) is 199 Å². The van der Waals surface area contributed by atoms with Gasteiger partial charge in [-0.25, -0.2) is 0 Å². The molecular weight excluding hydrogens is 585 g/mol. The van der Waals surface area contributed by atoms with Gasteiger partial charge in [0.25, 0.3) is 0 Å². The van der Waals surface area contributed by atoms with Crippen LogP contribution in [0.4, 0.5) is 0 Å². The molecule has 1 N–H and O–H groups in total. The smallest absolute Gasteiger partial charge is 0.228 e. The maximum Gasteiger partial charge on any atom is 0.228 e. The van der Waals surface area contributed by atoms with E-state index in [2.05, 4.69) is 48.3 Å². The number of hydrogen-bond donors (Lipinski definition) is 1. The zero-order valence-electron chi connectivity index (χ0n) is 31.1. The minimum absolute atomic E-state index is 0.222. The number of terminal acetylenes is 2. The summed E-state index contributed by atoms with van der Waals surface area (Å²) in [5.41, 5.74) is 0. The van der Waals surface area contributed by atoms with E-state index in [1.54, 1.807) is 6.08 Å². The first-order valence-corrected chi connectivity index (χ1v) is 20.1. The number of ketones is 1. The quantitative estimate of drug-likeness (QED) is 0.0239. The van der Waals surface area contributed by atoms with Gasteiger partial charge in [0.2, 0.25) is 5.78 Å². The molecule has 0 aromatic heterocycles. The summed E-state index contributed by atoms with van der Waals surface area (Å²) in [6.45, 7) is 0. The van der Waals surface area contributed by atoms with Gasteiger partial charge in [-0.2, -0.15) is 0 Å². The maximum atomic E-state index is 11.0. The zero-order chi connectivity index (χ0) is 34.9. The minimum atomic E-state index is -0.721. The van der Waals surface area contributed by atoms with E-state index in [1.165, 1.54) is 179 Å². The molecule has 0 amide bonds. The first-order valence-electron chi connectivity index (χ1n) is 20.1. The van der Waals surface area contributed by atoms with Crippen LogP contribution in [0.3, 0.4) is 0 Å². The van der Waals surface area contributed by atoms with Gasteiger partial charge in [0.05, 0.1) is 0 Å². The predicted molar refractivity (Wildman–Crippen MR) is 213 cm³/mol. The lowest BCUT2D eigenvalue weighted by Crippen LogP contribution is -1.95. The van der Waals surface area contributed by atoms with Crippen molar-refractivity contribution >= 4 is 5.78 Å². The molecule has 0 aliphatic rings. The van der Waals surface area contributed by atoms with Crippen LogP contribution >= 0.6 is 0 Å². The van der Waals surface area contributed by atoms with Crippen molar-refractivity contribution in [1.29, 1.82) is 0 Å². The molecule has 0 bridgehead atoms. The van der Waals surface area contributed by atoms with Gasteiger partial charge in [-0.3, -0.25) is 4.79 Å². The highest BCUT2D eigenvalue weighted by Gasteiger charge is 1.95. The Balaban J connectivity index is 3.26. The lowest BCUT2D eigenvalue weighted by Gasteiger charge is -2.02. The largest absolute Gasteiger partial charge is 0.377 e. The van der Waals surface area contributed by atoms with Crippen molar-refractivity contribution in [2.24, 2.45) is 0 Å². The summed E-state index contributed by atoms with van der Waals surface area (Å²) in [7, 11) is 0. The van der Waals surface area contributed by atoms with Gasteiger partial charge >= 0.3 is 0 Å². The zero-order valence-corrected chi connectivity index (χ0v) is 31.1. The summed E-state index contributed by atoms with van der Waals surface area (Å²) in [5.74, 6) is 4.19. The Morgan fingerprint density at radius 2 is 0.667 bits per heavy atom. The van der Waals surface area contributed by atoms with Crippen molar-refractivity contribution in [1.82, 2.24) is 0 Å². The Bertz CT molecular complexity index is 919. The third kappa shape index (κ3) is 39.6. The number of aliphatic hydroxyl groups is 1. The van der Waals surface area contributed by atoms with Crippen molar-refractivity contribution in [3.05, 3.63) is 60.8 Å². The fraction of sp³-hybridized carbons (Fsp3) is 0.674. The molecule has 1 atom stereocenters. The van der Waals surface area contributed by atoms with E-state index < -0.39 is 6.10 Å². The molecule has 0 radical (unpaired) electrons. The topological polar surface area (TPSA) is 37.3 Å². The van der Waals surface area contributed by atoms with E-state index in [9.17, 15) is 9.90 Å². The lowest BCUT2D eigenvalue weighted by molar-refractivity contribution is -0.109. The molecule has 2 nitrogen and oxygen atoms in total. The molecular formula is C46H74O2. The molecule has 0 saturated carbocycles. The molecule has 0 aromatic rings.